The molecule has 2 rings (SSSR count). The lowest BCUT2D eigenvalue weighted by Gasteiger charge is -2.20. The zero-order valence-electron chi connectivity index (χ0n) is 17.5. The fourth-order valence-electron chi connectivity index (χ4n) is 2.65. The van der Waals surface area contributed by atoms with Crippen LogP contribution < -0.4 is 10.6 Å². The van der Waals surface area contributed by atoms with Crippen molar-refractivity contribution in [1.82, 2.24) is 10.6 Å². The molecule has 30 heavy (non-hydrogen) atoms. The van der Waals surface area contributed by atoms with Gasteiger partial charge in [0.1, 0.15) is 5.60 Å². The fourth-order valence-corrected chi connectivity index (χ4v) is 2.65. The topological polar surface area (TPSA) is 93.7 Å². The van der Waals surface area contributed by atoms with Crippen LogP contribution in [0.2, 0.25) is 0 Å². The van der Waals surface area contributed by atoms with E-state index in [0.717, 1.165) is 11.1 Å². The molecule has 0 atom stereocenters. The van der Waals surface area contributed by atoms with Crippen molar-refractivity contribution in [2.45, 2.75) is 38.8 Å². The van der Waals surface area contributed by atoms with Gasteiger partial charge in [0.25, 0.3) is 5.91 Å². The molecule has 2 N–H and O–H groups in total. The summed E-state index contributed by atoms with van der Waals surface area (Å²) >= 11 is 0. The van der Waals surface area contributed by atoms with Gasteiger partial charge in [0.15, 0.2) is 6.61 Å². The van der Waals surface area contributed by atoms with Crippen LogP contribution in [0.25, 0.3) is 0 Å². The van der Waals surface area contributed by atoms with Crippen LogP contribution in [-0.2, 0) is 19.1 Å². The Morgan fingerprint density at radius 1 is 0.900 bits per heavy atom. The van der Waals surface area contributed by atoms with E-state index >= 15 is 0 Å². The lowest BCUT2D eigenvalue weighted by molar-refractivity contribution is -0.148. The largest absolute Gasteiger partial charge is 0.456 e. The Morgan fingerprint density at radius 2 is 1.43 bits per heavy atom. The molecule has 7 nitrogen and oxygen atoms in total. The van der Waals surface area contributed by atoms with Crippen LogP contribution in [0.15, 0.2) is 60.7 Å². The molecule has 0 radical (unpaired) electrons. The molecule has 7 heteroatoms. The Labute approximate surface area is 176 Å². The van der Waals surface area contributed by atoms with E-state index in [9.17, 15) is 14.4 Å². The average molecular weight is 412 g/mol. The highest BCUT2D eigenvalue weighted by Gasteiger charge is 2.18. The highest BCUT2D eigenvalue weighted by atomic mass is 16.6. The van der Waals surface area contributed by atoms with Crippen LogP contribution in [0.1, 0.15) is 44.4 Å². The third-order valence-electron chi connectivity index (χ3n) is 3.93. The van der Waals surface area contributed by atoms with E-state index in [1.54, 1.807) is 20.8 Å². The first kappa shape index (κ1) is 22.9. The maximum atomic E-state index is 12.4. The summed E-state index contributed by atoms with van der Waals surface area (Å²) in [7, 11) is 0. The van der Waals surface area contributed by atoms with Gasteiger partial charge in [-0.25, -0.2) is 4.79 Å². The predicted molar refractivity (Wildman–Crippen MR) is 113 cm³/mol. The number of amides is 2. The van der Waals surface area contributed by atoms with Gasteiger partial charge in [0.05, 0.1) is 12.5 Å². The lowest BCUT2D eigenvalue weighted by Crippen LogP contribution is -2.35. The van der Waals surface area contributed by atoms with Crippen molar-refractivity contribution >= 4 is 18.0 Å². The maximum absolute atomic E-state index is 12.4. The number of ether oxygens (including phenoxy) is 2. The summed E-state index contributed by atoms with van der Waals surface area (Å²) in [6, 6.07) is 18.7. The van der Waals surface area contributed by atoms with E-state index in [4.69, 9.17) is 9.47 Å². The number of hydrogen-bond donors (Lipinski definition) is 2. The normalized spacial score (nSPS) is 10.9. The van der Waals surface area contributed by atoms with Crippen molar-refractivity contribution in [2.24, 2.45) is 0 Å². The molecular weight excluding hydrogens is 384 g/mol. The van der Waals surface area contributed by atoms with Crippen molar-refractivity contribution in [3.8, 4) is 0 Å². The molecule has 160 valence electrons. The zero-order valence-corrected chi connectivity index (χ0v) is 17.5. The van der Waals surface area contributed by atoms with Gasteiger partial charge in [-0.15, -0.1) is 0 Å². The van der Waals surface area contributed by atoms with E-state index in [1.807, 2.05) is 60.7 Å². The van der Waals surface area contributed by atoms with Gasteiger partial charge >= 0.3 is 12.1 Å². The number of esters is 1. The average Bonchev–Trinajstić information content (AvgIpc) is 2.70. The van der Waals surface area contributed by atoms with Gasteiger partial charge in [0.2, 0.25) is 0 Å². The van der Waals surface area contributed by atoms with Gasteiger partial charge in [-0.05, 0) is 31.9 Å². The molecule has 0 unspecified atom stereocenters. The van der Waals surface area contributed by atoms with Crippen molar-refractivity contribution in [3.05, 3.63) is 71.8 Å². The Balaban J connectivity index is 1.82. The number of carbonyl (C=O) groups excluding carboxylic acids is 3. The van der Waals surface area contributed by atoms with Crippen LogP contribution in [0.5, 0.6) is 0 Å². The van der Waals surface area contributed by atoms with Crippen molar-refractivity contribution in [1.29, 1.82) is 0 Å². The number of rotatable bonds is 8. The van der Waals surface area contributed by atoms with E-state index < -0.39 is 30.2 Å². The quantitative estimate of drug-likeness (QED) is 0.649. The van der Waals surface area contributed by atoms with Crippen molar-refractivity contribution in [2.75, 3.05) is 13.2 Å². The highest BCUT2D eigenvalue weighted by molar-refractivity contribution is 5.81. The van der Waals surface area contributed by atoms with Crippen LogP contribution >= 0.6 is 0 Å². The van der Waals surface area contributed by atoms with Crippen LogP contribution in [0.3, 0.4) is 0 Å². The second kappa shape index (κ2) is 11.0. The molecule has 2 amide bonds. The molecule has 0 fully saturated rings. The standard InChI is InChI=1S/C23H28N2O5/c1-23(2,3)30-22(28)24-15-14-20(27)29-16-19(26)25-21(17-10-6-4-7-11-17)18-12-8-5-9-13-18/h4-13,21H,14-16H2,1-3H3,(H,24,28)(H,25,26). The number of nitrogens with one attached hydrogen (secondary N) is 2. The zero-order chi connectivity index (χ0) is 22.0. The maximum Gasteiger partial charge on any atom is 0.407 e. The van der Waals surface area contributed by atoms with Gasteiger partial charge < -0.3 is 20.1 Å². The van der Waals surface area contributed by atoms with Gasteiger partial charge in [-0.2, -0.15) is 0 Å². The first-order chi connectivity index (χ1) is 14.2. The summed E-state index contributed by atoms with van der Waals surface area (Å²) < 4.78 is 10.1. The molecule has 0 saturated carbocycles. The number of benzene rings is 2. The Kier molecular flexibility index (Phi) is 8.41. The lowest BCUT2D eigenvalue weighted by atomic mass is 9.99. The molecule has 0 aliphatic carbocycles. The van der Waals surface area contributed by atoms with Gasteiger partial charge in [-0.1, -0.05) is 60.7 Å². The molecule has 0 bridgehead atoms. The van der Waals surface area contributed by atoms with E-state index in [-0.39, 0.29) is 19.0 Å². The minimum atomic E-state index is -0.614. The molecule has 2 aromatic carbocycles. The summed E-state index contributed by atoms with van der Waals surface area (Å²) in [6.45, 7) is 4.90. The smallest absolute Gasteiger partial charge is 0.407 e. The molecule has 0 aliphatic heterocycles. The summed E-state index contributed by atoms with van der Waals surface area (Å²) in [4.78, 5) is 35.8. The minimum absolute atomic E-state index is 0.0615. The molecular formula is C23H28N2O5. The predicted octanol–water partition coefficient (Wildman–Crippen LogP) is 3.35. The first-order valence-electron chi connectivity index (χ1n) is 9.76. The number of carbonyl (C=O) groups is 3. The minimum Gasteiger partial charge on any atom is -0.456 e. The molecule has 0 heterocycles. The number of hydrogen-bond acceptors (Lipinski definition) is 5. The van der Waals surface area contributed by atoms with Crippen molar-refractivity contribution in [3.63, 3.8) is 0 Å². The van der Waals surface area contributed by atoms with Crippen LogP contribution in [0.4, 0.5) is 4.79 Å². The molecule has 0 saturated heterocycles. The SMILES string of the molecule is CC(C)(C)OC(=O)NCCC(=O)OCC(=O)NC(c1ccccc1)c1ccccc1. The van der Waals surface area contributed by atoms with E-state index in [0.29, 0.717) is 0 Å². The molecule has 0 aromatic heterocycles. The Bertz CT molecular complexity index is 792. The third kappa shape index (κ3) is 8.34. The monoisotopic (exact) mass is 412 g/mol. The Morgan fingerprint density at radius 3 is 1.93 bits per heavy atom. The number of alkyl carbamates (subject to hydrolysis) is 1. The molecule has 0 aliphatic rings. The highest BCUT2D eigenvalue weighted by Crippen LogP contribution is 2.21. The van der Waals surface area contributed by atoms with E-state index in [2.05, 4.69) is 10.6 Å². The summed E-state index contributed by atoms with van der Waals surface area (Å²) in [5, 5.41) is 5.37. The van der Waals surface area contributed by atoms with E-state index in [1.165, 1.54) is 0 Å². The summed E-state index contributed by atoms with van der Waals surface area (Å²) in [6.07, 6.45) is -0.672. The third-order valence-corrected chi connectivity index (χ3v) is 3.93. The first-order valence-corrected chi connectivity index (χ1v) is 9.76. The second-order valence-electron chi connectivity index (χ2n) is 7.66. The molecule has 2 aromatic rings. The summed E-state index contributed by atoms with van der Waals surface area (Å²) in [5.41, 5.74) is 1.23. The summed E-state index contributed by atoms with van der Waals surface area (Å²) in [5.74, 6) is -1.00. The second-order valence-corrected chi connectivity index (χ2v) is 7.66. The van der Waals surface area contributed by atoms with Crippen LogP contribution in [-0.4, -0.2) is 36.7 Å². The van der Waals surface area contributed by atoms with Crippen molar-refractivity contribution < 1.29 is 23.9 Å². The molecule has 0 spiro atoms. The Hall–Kier alpha value is -3.35. The van der Waals surface area contributed by atoms with Gasteiger partial charge in [0, 0.05) is 6.54 Å². The fraction of sp³-hybridized carbons (Fsp3) is 0.348. The van der Waals surface area contributed by atoms with Gasteiger partial charge in [-0.3, -0.25) is 9.59 Å². The van der Waals surface area contributed by atoms with Crippen LogP contribution in [0, 0.1) is 0 Å².